The maximum absolute atomic E-state index is 13.2. The van der Waals surface area contributed by atoms with Crippen LogP contribution in [0.1, 0.15) is 30.0 Å². The standard InChI is InChI=1S/C22H29N5O3/c28-21(16-26-7-1-5-23-26)25-12-17-11-19(15-25)20-4-3-18(22(29)27(20)13-17)14-24-6-2-9-30-10-8-24/h1,3-5,7,17,19H,2,6,8-16H2/t17-,19+/m0/s1. The van der Waals surface area contributed by atoms with Crippen LogP contribution in [0.5, 0.6) is 0 Å². The average Bonchev–Trinajstić information content (AvgIpc) is 3.12. The number of pyridine rings is 1. The lowest BCUT2D eigenvalue weighted by atomic mass is 9.83. The van der Waals surface area contributed by atoms with Gasteiger partial charge in [0.15, 0.2) is 0 Å². The summed E-state index contributed by atoms with van der Waals surface area (Å²) in [5.74, 6) is 0.661. The molecule has 0 aliphatic carbocycles. The van der Waals surface area contributed by atoms with Gasteiger partial charge in [-0.1, -0.05) is 6.07 Å². The molecule has 3 aliphatic rings. The summed E-state index contributed by atoms with van der Waals surface area (Å²) in [6, 6.07) is 5.95. The third kappa shape index (κ3) is 3.94. The molecule has 0 saturated carbocycles. The highest BCUT2D eigenvalue weighted by molar-refractivity contribution is 5.76. The molecule has 3 aliphatic heterocycles. The van der Waals surface area contributed by atoms with E-state index in [9.17, 15) is 9.59 Å². The monoisotopic (exact) mass is 411 g/mol. The van der Waals surface area contributed by atoms with Gasteiger partial charge in [0.25, 0.3) is 5.56 Å². The van der Waals surface area contributed by atoms with Crippen LogP contribution in [0.25, 0.3) is 0 Å². The van der Waals surface area contributed by atoms with Gasteiger partial charge in [-0.15, -0.1) is 0 Å². The van der Waals surface area contributed by atoms with Crippen LogP contribution in [0.4, 0.5) is 0 Å². The second-order valence-corrected chi connectivity index (χ2v) is 8.74. The van der Waals surface area contributed by atoms with Crippen molar-refractivity contribution in [2.75, 3.05) is 39.4 Å². The Morgan fingerprint density at radius 1 is 1.17 bits per heavy atom. The second kappa shape index (κ2) is 8.35. The molecule has 8 nitrogen and oxygen atoms in total. The van der Waals surface area contributed by atoms with E-state index in [0.717, 1.165) is 56.9 Å². The Labute approximate surface area is 176 Å². The van der Waals surface area contributed by atoms with Gasteiger partial charge in [0.2, 0.25) is 5.91 Å². The summed E-state index contributed by atoms with van der Waals surface area (Å²) in [4.78, 5) is 30.3. The van der Waals surface area contributed by atoms with E-state index in [1.807, 2.05) is 27.8 Å². The summed E-state index contributed by atoms with van der Waals surface area (Å²) in [5.41, 5.74) is 2.09. The minimum absolute atomic E-state index is 0.101. The number of hydrogen-bond donors (Lipinski definition) is 0. The van der Waals surface area contributed by atoms with Gasteiger partial charge < -0.3 is 14.2 Å². The Morgan fingerprint density at radius 3 is 2.97 bits per heavy atom. The number of rotatable bonds is 4. The molecule has 0 spiro atoms. The van der Waals surface area contributed by atoms with Crippen molar-refractivity contribution >= 4 is 5.91 Å². The molecule has 2 aromatic rings. The van der Waals surface area contributed by atoms with E-state index in [-0.39, 0.29) is 23.9 Å². The van der Waals surface area contributed by atoms with Gasteiger partial charge in [-0.3, -0.25) is 19.2 Å². The SMILES string of the molecule is O=C(Cn1cccn1)N1C[C@@H]2C[C@H](C1)c1ccc(CN3CCCOCC3)c(=O)n1C2. The second-order valence-electron chi connectivity index (χ2n) is 8.74. The molecule has 0 N–H and O–H groups in total. The van der Waals surface area contributed by atoms with E-state index in [2.05, 4.69) is 16.1 Å². The van der Waals surface area contributed by atoms with E-state index in [4.69, 9.17) is 4.74 Å². The number of ether oxygens (including phenoxy) is 1. The van der Waals surface area contributed by atoms with E-state index in [0.29, 0.717) is 25.6 Å². The van der Waals surface area contributed by atoms with E-state index < -0.39 is 0 Å². The van der Waals surface area contributed by atoms with E-state index in [1.165, 1.54) is 0 Å². The van der Waals surface area contributed by atoms with Crippen LogP contribution < -0.4 is 5.56 Å². The van der Waals surface area contributed by atoms with E-state index in [1.54, 1.807) is 10.9 Å². The van der Waals surface area contributed by atoms with Crippen molar-refractivity contribution in [1.29, 1.82) is 0 Å². The number of aromatic nitrogens is 3. The topological polar surface area (TPSA) is 72.6 Å². The first-order valence-corrected chi connectivity index (χ1v) is 11.0. The molecule has 160 valence electrons. The molecular formula is C22H29N5O3. The molecule has 1 amide bonds. The van der Waals surface area contributed by atoms with Gasteiger partial charge in [-0.05, 0) is 30.9 Å². The minimum atomic E-state index is 0.101. The third-order valence-electron chi connectivity index (χ3n) is 6.60. The van der Waals surface area contributed by atoms with Gasteiger partial charge in [0, 0.05) is 75.4 Å². The predicted molar refractivity (Wildman–Crippen MR) is 111 cm³/mol. The van der Waals surface area contributed by atoms with Crippen molar-refractivity contribution in [1.82, 2.24) is 24.1 Å². The molecule has 2 bridgehead atoms. The first-order valence-electron chi connectivity index (χ1n) is 11.0. The summed E-state index contributed by atoms with van der Waals surface area (Å²) in [5, 5.41) is 4.15. The number of amides is 1. The molecule has 8 heteroatoms. The number of carbonyl (C=O) groups excluding carboxylic acids is 1. The van der Waals surface area contributed by atoms with Crippen LogP contribution in [0.15, 0.2) is 35.4 Å². The zero-order chi connectivity index (χ0) is 20.5. The zero-order valence-electron chi connectivity index (χ0n) is 17.3. The molecule has 2 saturated heterocycles. The lowest BCUT2D eigenvalue weighted by Gasteiger charge is -2.43. The van der Waals surface area contributed by atoms with Crippen molar-refractivity contribution in [3.63, 3.8) is 0 Å². The Morgan fingerprint density at radius 2 is 2.10 bits per heavy atom. The fourth-order valence-electron chi connectivity index (χ4n) is 5.14. The van der Waals surface area contributed by atoms with Crippen LogP contribution in [0.2, 0.25) is 0 Å². The molecule has 5 rings (SSSR count). The molecule has 30 heavy (non-hydrogen) atoms. The molecule has 0 unspecified atom stereocenters. The van der Waals surface area contributed by atoms with Crippen molar-refractivity contribution in [2.24, 2.45) is 5.92 Å². The van der Waals surface area contributed by atoms with Gasteiger partial charge in [-0.25, -0.2) is 0 Å². The summed E-state index contributed by atoms with van der Waals surface area (Å²) in [6.07, 6.45) is 5.57. The fraction of sp³-hybridized carbons (Fsp3) is 0.591. The van der Waals surface area contributed by atoms with Gasteiger partial charge >= 0.3 is 0 Å². The largest absolute Gasteiger partial charge is 0.380 e. The molecule has 0 radical (unpaired) electrons. The van der Waals surface area contributed by atoms with Crippen LogP contribution in [0.3, 0.4) is 0 Å². The molecular weight excluding hydrogens is 382 g/mol. The lowest BCUT2D eigenvalue weighted by molar-refractivity contribution is -0.134. The minimum Gasteiger partial charge on any atom is -0.380 e. The van der Waals surface area contributed by atoms with Crippen LogP contribution in [-0.4, -0.2) is 69.4 Å². The Kier molecular flexibility index (Phi) is 5.43. The first-order chi connectivity index (χ1) is 14.7. The summed E-state index contributed by atoms with van der Waals surface area (Å²) in [7, 11) is 0. The summed E-state index contributed by atoms with van der Waals surface area (Å²) < 4.78 is 9.19. The first kappa shape index (κ1) is 19.5. The van der Waals surface area contributed by atoms with Crippen LogP contribution in [0, 0.1) is 5.92 Å². The number of piperidine rings is 1. The predicted octanol–water partition coefficient (Wildman–Crippen LogP) is 0.913. The fourth-order valence-corrected chi connectivity index (χ4v) is 5.14. The molecule has 2 aromatic heterocycles. The van der Waals surface area contributed by atoms with Gasteiger partial charge in [0.05, 0.1) is 6.61 Å². The van der Waals surface area contributed by atoms with Crippen LogP contribution in [-0.2, 0) is 29.2 Å². The summed E-state index contributed by atoms with van der Waals surface area (Å²) >= 11 is 0. The smallest absolute Gasteiger partial charge is 0.255 e. The number of fused-ring (bicyclic) bond motifs is 4. The van der Waals surface area contributed by atoms with E-state index >= 15 is 0 Å². The number of nitrogens with zero attached hydrogens (tertiary/aromatic N) is 5. The highest BCUT2D eigenvalue weighted by atomic mass is 16.5. The molecule has 2 atom stereocenters. The number of likely N-dealkylation sites (tertiary alicyclic amines) is 1. The van der Waals surface area contributed by atoms with Gasteiger partial charge in [-0.2, -0.15) is 5.10 Å². The lowest BCUT2D eigenvalue weighted by Crippen LogP contribution is -2.50. The number of carbonyl (C=O) groups is 1. The maximum atomic E-state index is 13.2. The quantitative estimate of drug-likeness (QED) is 0.748. The maximum Gasteiger partial charge on any atom is 0.255 e. The average molecular weight is 412 g/mol. The Bertz CT molecular complexity index is 946. The summed E-state index contributed by atoms with van der Waals surface area (Å²) in [6.45, 7) is 6.45. The zero-order valence-corrected chi connectivity index (χ0v) is 17.3. The number of hydrogen-bond acceptors (Lipinski definition) is 5. The van der Waals surface area contributed by atoms with Crippen molar-refractivity contribution < 1.29 is 9.53 Å². The third-order valence-corrected chi connectivity index (χ3v) is 6.60. The Balaban J connectivity index is 1.32. The highest BCUT2D eigenvalue weighted by Crippen LogP contribution is 2.35. The van der Waals surface area contributed by atoms with Crippen LogP contribution >= 0.6 is 0 Å². The highest BCUT2D eigenvalue weighted by Gasteiger charge is 2.36. The van der Waals surface area contributed by atoms with Crippen molar-refractivity contribution in [3.05, 3.63) is 52.2 Å². The van der Waals surface area contributed by atoms with Crippen molar-refractivity contribution in [3.8, 4) is 0 Å². The van der Waals surface area contributed by atoms with Crippen molar-refractivity contribution in [2.45, 2.75) is 38.4 Å². The molecule has 2 fully saturated rings. The molecule has 0 aromatic carbocycles. The molecule has 5 heterocycles. The van der Waals surface area contributed by atoms with Gasteiger partial charge in [0.1, 0.15) is 6.54 Å². The normalized spacial score (nSPS) is 24.3. The Hall–Kier alpha value is -2.45.